The van der Waals surface area contributed by atoms with Gasteiger partial charge in [0.1, 0.15) is 12.4 Å². The molecule has 1 aliphatic rings. The summed E-state index contributed by atoms with van der Waals surface area (Å²) in [6.07, 6.45) is 5.10. The van der Waals surface area contributed by atoms with E-state index in [1.54, 1.807) is 23.2 Å². The van der Waals surface area contributed by atoms with Crippen molar-refractivity contribution in [1.29, 1.82) is 0 Å². The number of rotatable bonds is 9. The topological polar surface area (TPSA) is 83.6 Å². The first kappa shape index (κ1) is 26.2. The van der Waals surface area contributed by atoms with Crippen molar-refractivity contribution in [2.75, 3.05) is 25.0 Å². The highest BCUT2D eigenvalue weighted by molar-refractivity contribution is 5.94. The minimum absolute atomic E-state index is 0. The van der Waals surface area contributed by atoms with Crippen LogP contribution in [-0.4, -0.2) is 47.6 Å². The summed E-state index contributed by atoms with van der Waals surface area (Å²) in [7, 11) is 0. The third kappa shape index (κ3) is 8.08. The van der Waals surface area contributed by atoms with Crippen LogP contribution in [0, 0.1) is 5.92 Å². The summed E-state index contributed by atoms with van der Waals surface area (Å²) in [5.74, 6) is 0.986. The standard InChI is InChI=1S/C25H34N4O3.CH4/c1-3-22(4-2)28-23-16-21(10-13-26-23)24(30)27-17-19-11-14-29(15-12-19)25(31)32-18-20-8-6-5-7-9-20;/h5-10,13,16,19,22H,3-4,11-12,14-15,17-18H2,1-2H3,(H,26,28)(H,27,30);1H4. The van der Waals surface area contributed by atoms with Crippen molar-refractivity contribution in [1.82, 2.24) is 15.2 Å². The summed E-state index contributed by atoms with van der Waals surface area (Å²) in [6, 6.07) is 13.6. The van der Waals surface area contributed by atoms with E-state index in [1.165, 1.54) is 0 Å². The summed E-state index contributed by atoms with van der Waals surface area (Å²) in [5, 5.41) is 6.41. The van der Waals surface area contributed by atoms with Crippen LogP contribution in [0.5, 0.6) is 0 Å². The fraction of sp³-hybridized carbons (Fsp3) is 0.500. The molecule has 0 unspecified atom stereocenters. The number of likely N-dealkylation sites (tertiary alicyclic amines) is 1. The average Bonchev–Trinajstić information content (AvgIpc) is 2.85. The van der Waals surface area contributed by atoms with E-state index < -0.39 is 0 Å². The molecule has 2 aromatic rings. The number of nitrogens with zero attached hydrogens (tertiary/aromatic N) is 2. The summed E-state index contributed by atoms with van der Waals surface area (Å²) in [6.45, 7) is 6.44. The summed E-state index contributed by atoms with van der Waals surface area (Å²) < 4.78 is 5.42. The minimum Gasteiger partial charge on any atom is -0.445 e. The van der Waals surface area contributed by atoms with Crippen LogP contribution in [0.25, 0.3) is 0 Å². The molecule has 1 saturated heterocycles. The number of benzene rings is 1. The zero-order chi connectivity index (χ0) is 22.8. The second kappa shape index (κ2) is 13.5. The van der Waals surface area contributed by atoms with Crippen molar-refractivity contribution in [2.24, 2.45) is 5.92 Å². The van der Waals surface area contributed by atoms with E-state index in [0.717, 1.165) is 37.1 Å². The molecule has 33 heavy (non-hydrogen) atoms. The maximum Gasteiger partial charge on any atom is 0.410 e. The van der Waals surface area contributed by atoms with Crippen LogP contribution >= 0.6 is 0 Å². The molecule has 2 amide bonds. The zero-order valence-electron chi connectivity index (χ0n) is 19.0. The lowest BCUT2D eigenvalue weighted by atomic mass is 9.97. The highest BCUT2D eigenvalue weighted by Crippen LogP contribution is 2.18. The monoisotopic (exact) mass is 454 g/mol. The molecular weight excluding hydrogens is 416 g/mol. The Labute approximate surface area is 197 Å². The largest absolute Gasteiger partial charge is 0.445 e. The van der Waals surface area contributed by atoms with Gasteiger partial charge in [0, 0.05) is 37.4 Å². The van der Waals surface area contributed by atoms with Crippen LogP contribution in [-0.2, 0) is 11.3 Å². The smallest absolute Gasteiger partial charge is 0.410 e. The fourth-order valence-electron chi connectivity index (χ4n) is 3.82. The Kier molecular flexibility index (Phi) is 10.7. The molecule has 1 aromatic carbocycles. The van der Waals surface area contributed by atoms with E-state index in [9.17, 15) is 9.59 Å². The molecule has 1 fully saturated rings. The molecule has 0 bridgehead atoms. The number of piperidine rings is 1. The lowest BCUT2D eigenvalue weighted by molar-refractivity contribution is 0.0801. The number of hydrogen-bond donors (Lipinski definition) is 2. The van der Waals surface area contributed by atoms with E-state index in [2.05, 4.69) is 29.5 Å². The Balaban J connectivity index is 0.00000385. The number of nitrogens with one attached hydrogen (secondary N) is 2. The normalized spacial score (nSPS) is 13.8. The third-order valence-electron chi connectivity index (χ3n) is 5.99. The molecule has 2 heterocycles. The van der Waals surface area contributed by atoms with Crippen molar-refractivity contribution < 1.29 is 14.3 Å². The van der Waals surface area contributed by atoms with Crippen molar-refractivity contribution in [3.05, 3.63) is 59.8 Å². The van der Waals surface area contributed by atoms with Crippen LogP contribution < -0.4 is 10.6 Å². The summed E-state index contributed by atoms with van der Waals surface area (Å²) in [4.78, 5) is 31.0. The molecular formula is C26H38N4O3. The van der Waals surface area contributed by atoms with E-state index in [1.807, 2.05) is 30.3 Å². The van der Waals surface area contributed by atoms with E-state index in [4.69, 9.17) is 4.74 Å². The molecule has 3 rings (SSSR count). The van der Waals surface area contributed by atoms with Gasteiger partial charge in [-0.3, -0.25) is 4.79 Å². The van der Waals surface area contributed by atoms with Gasteiger partial charge in [0.2, 0.25) is 0 Å². The minimum atomic E-state index is -0.273. The predicted octanol–water partition coefficient (Wildman–Crippen LogP) is 5.10. The van der Waals surface area contributed by atoms with E-state index >= 15 is 0 Å². The quantitative estimate of drug-likeness (QED) is 0.551. The van der Waals surface area contributed by atoms with E-state index in [0.29, 0.717) is 37.2 Å². The van der Waals surface area contributed by atoms with Crippen LogP contribution in [0.3, 0.4) is 0 Å². The lowest BCUT2D eigenvalue weighted by Gasteiger charge is -2.31. The van der Waals surface area contributed by atoms with Crippen molar-refractivity contribution in [3.63, 3.8) is 0 Å². The molecule has 0 aliphatic carbocycles. The number of anilines is 1. The number of pyridine rings is 1. The van der Waals surface area contributed by atoms with Gasteiger partial charge in [-0.1, -0.05) is 51.6 Å². The average molecular weight is 455 g/mol. The van der Waals surface area contributed by atoms with Crippen LogP contribution in [0.15, 0.2) is 48.7 Å². The number of amides is 2. The number of hydrogen-bond acceptors (Lipinski definition) is 5. The predicted molar refractivity (Wildman–Crippen MR) is 132 cm³/mol. The molecule has 0 radical (unpaired) electrons. The van der Waals surface area contributed by atoms with Gasteiger partial charge in [-0.05, 0) is 49.3 Å². The highest BCUT2D eigenvalue weighted by atomic mass is 16.6. The van der Waals surface area contributed by atoms with E-state index in [-0.39, 0.29) is 26.0 Å². The van der Waals surface area contributed by atoms with Crippen LogP contribution in [0.1, 0.15) is 62.9 Å². The number of carbonyl (C=O) groups excluding carboxylic acids is 2. The first-order chi connectivity index (χ1) is 15.6. The number of carbonyl (C=O) groups is 2. The summed E-state index contributed by atoms with van der Waals surface area (Å²) in [5.41, 5.74) is 1.59. The van der Waals surface area contributed by atoms with Gasteiger partial charge < -0.3 is 20.3 Å². The second-order valence-electron chi connectivity index (χ2n) is 8.27. The van der Waals surface area contributed by atoms with Gasteiger partial charge in [-0.2, -0.15) is 0 Å². The fourth-order valence-corrected chi connectivity index (χ4v) is 3.82. The second-order valence-corrected chi connectivity index (χ2v) is 8.27. The van der Waals surface area contributed by atoms with Crippen LogP contribution in [0.2, 0.25) is 0 Å². The van der Waals surface area contributed by atoms with Gasteiger partial charge in [-0.25, -0.2) is 9.78 Å². The van der Waals surface area contributed by atoms with Gasteiger partial charge in [-0.15, -0.1) is 0 Å². The van der Waals surface area contributed by atoms with Gasteiger partial charge in [0.05, 0.1) is 0 Å². The SMILES string of the molecule is C.CCC(CC)Nc1cc(C(=O)NCC2CCN(C(=O)OCc3ccccc3)CC2)ccn1. The molecule has 0 saturated carbocycles. The lowest BCUT2D eigenvalue weighted by Crippen LogP contribution is -2.41. The Morgan fingerprint density at radius 2 is 1.82 bits per heavy atom. The Morgan fingerprint density at radius 3 is 2.48 bits per heavy atom. The zero-order valence-corrected chi connectivity index (χ0v) is 19.0. The van der Waals surface area contributed by atoms with Gasteiger partial charge in [0.15, 0.2) is 0 Å². The summed E-state index contributed by atoms with van der Waals surface area (Å²) >= 11 is 0. The van der Waals surface area contributed by atoms with Gasteiger partial charge >= 0.3 is 6.09 Å². The van der Waals surface area contributed by atoms with Crippen molar-refractivity contribution in [3.8, 4) is 0 Å². The molecule has 1 aliphatic heterocycles. The first-order valence-corrected chi connectivity index (χ1v) is 11.6. The maximum absolute atomic E-state index is 12.6. The molecule has 180 valence electrons. The highest BCUT2D eigenvalue weighted by Gasteiger charge is 2.24. The first-order valence-electron chi connectivity index (χ1n) is 11.6. The Bertz CT molecular complexity index is 863. The molecule has 0 spiro atoms. The number of aromatic nitrogens is 1. The Hall–Kier alpha value is -3.09. The third-order valence-corrected chi connectivity index (χ3v) is 5.99. The molecule has 0 atom stereocenters. The van der Waals surface area contributed by atoms with Crippen molar-refractivity contribution >= 4 is 17.8 Å². The van der Waals surface area contributed by atoms with Gasteiger partial charge in [0.25, 0.3) is 5.91 Å². The molecule has 1 aromatic heterocycles. The molecule has 7 nitrogen and oxygen atoms in total. The van der Waals surface area contributed by atoms with Crippen LogP contribution in [0.4, 0.5) is 10.6 Å². The molecule has 7 heteroatoms. The molecule has 2 N–H and O–H groups in total. The Morgan fingerprint density at radius 1 is 1.12 bits per heavy atom. The number of ether oxygens (including phenoxy) is 1. The van der Waals surface area contributed by atoms with Crippen molar-refractivity contribution in [2.45, 2.75) is 59.6 Å². The maximum atomic E-state index is 12.6.